The molecule has 1 aliphatic carbocycles. The van der Waals surface area contributed by atoms with Gasteiger partial charge < -0.3 is 5.21 Å². The van der Waals surface area contributed by atoms with Crippen molar-refractivity contribution in [1.82, 2.24) is 0 Å². The van der Waals surface area contributed by atoms with E-state index in [2.05, 4.69) is 5.16 Å². The molecule has 0 saturated heterocycles. The molecule has 2 nitrogen and oxygen atoms in total. The second-order valence-corrected chi connectivity index (χ2v) is 2.27. The Balaban J connectivity index is 2.88. The number of hydrogen-bond acceptors (Lipinski definition) is 2. The lowest BCUT2D eigenvalue weighted by Crippen LogP contribution is -1.99. The van der Waals surface area contributed by atoms with E-state index in [1.165, 1.54) is 0 Å². The monoisotopic (exact) mass is 149 g/mol. The molecular weight excluding hydrogens is 138 g/mol. The Kier molecular flexibility index (Phi) is 2.66. The molecule has 0 heterocycles. The van der Waals surface area contributed by atoms with E-state index in [1.807, 2.05) is 31.2 Å². The highest BCUT2D eigenvalue weighted by Gasteiger charge is 2.01. The molecule has 0 amide bonds. The van der Waals surface area contributed by atoms with Crippen molar-refractivity contribution in [2.75, 3.05) is 0 Å². The van der Waals surface area contributed by atoms with Crippen LogP contribution in [0.1, 0.15) is 13.3 Å². The van der Waals surface area contributed by atoms with Crippen molar-refractivity contribution in [2.45, 2.75) is 13.3 Å². The van der Waals surface area contributed by atoms with Crippen LogP contribution in [0.2, 0.25) is 0 Å². The maximum atomic E-state index is 8.55. The molecule has 0 bridgehead atoms. The predicted molar refractivity (Wildman–Crippen MR) is 45.9 cm³/mol. The molecule has 0 aromatic rings. The summed E-state index contributed by atoms with van der Waals surface area (Å²) in [6, 6.07) is 0. The van der Waals surface area contributed by atoms with Crippen LogP contribution < -0.4 is 0 Å². The van der Waals surface area contributed by atoms with E-state index in [0.717, 1.165) is 12.0 Å². The second-order valence-electron chi connectivity index (χ2n) is 2.27. The first-order valence-corrected chi connectivity index (χ1v) is 3.65. The van der Waals surface area contributed by atoms with Crippen LogP contribution in [0.4, 0.5) is 0 Å². The van der Waals surface area contributed by atoms with E-state index >= 15 is 0 Å². The van der Waals surface area contributed by atoms with Crippen molar-refractivity contribution in [3.05, 3.63) is 36.0 Å². The Labute approximate surface area is 66.2 Å². The summed E-state index contributed by atoms with van der Waals surface area (Å²) in [7, 11) is 0. The molecule has 0 fully saturated rings. The molecule has 0 aromatic heterocycles. The Hall–Kier alpha value is -1.31. The molecular formula is C9H11NO. The van der Waals surface area contributed by atoms with Gasteiger partial charge in [-0.2, -0.15) is 0 Å². The van der Waals surface area contributed by atoms with Gasteiger partial charge in [0.2, 0.25) is 0 Å². The molecule has 1 aliphatic rings. The van der Waals surface area contributed by atoms with E-state index in [1.54, 1.807) is 6.08 Å². The minimum Gasteiger partial charge on any atom is -0.410 e. The van der Waals surface area contributed by atoms with Crippen molar-refractivity contribution in [2.24, 2.45) is 5.16 Å². The maximum Gasteiger partial charge on any atom is 0.109 e. The van der Waals surface area contributed by atoms with Crippen LogP contribution in [0.3, 0.4) is 0 Å². The Morgan fingerprint density at radius 3 is 2.82 bits per heavy atom. The standard InChI is InChI=1S/C9H11NO/c1-2-5-8-6-3-4-7-9(8)10-11/h3-7,11H,2H2,1H3/b8-5-,10-9+. The number of oxime groups is 1. The van der Waals surface area contributed by atoms with E-state index in [-0.39, 0.29) is 0 Å². The molecule has 0 atom stereocenters. The van der Waals surface area contributed by atoms with Gasteiger partial charge in [0.05, 0.1) is 0 Å². The number of rotatable bonds is 1. The van der Waals surface area contributed by atoms with E-state index in [9.17, 15) is 0 Å². The first kappa shape index (κ1) is 7.79. The largest absolute Gasteiger partial charge is 0.410 e. The highest BCUT2D eigenvalue weighted by molar-refractivity contribution is 6.11. The van der Waals surface area contributed by atoms with Crippen LogP contribution in [-0.2, 0) is 0 Å². The molecule has 0 spiro atoms. The molecule has 1 rings (SSSR count). The molecule has 1 N–H and O–H groups in total. The summed E-state index contributed by atoms with van der Waals surface area (Å²) in [5.41, 5.74) is 1.62. The normalized spacial score (nSPS) is 23.4. The highest BCUT2D eigenvalue weighted by Crippen LogP contribution is 2.08. The third-order valence-corrected chi connectivity index (χ3v) is 1.47. The molecule has 0 radical (unpaired) electrons. The van der Waals surface area contributed by atoms with Crippen molar-refractivity contribution < 1.29 is 5.21 Å². The minimum atomic E-state index is 0.634. The highest BCUT2D eigenvalue weighted by atomic mass is 16.4. The van der Waals surface area contributed by atoms with Crippen LogP contribution in [0.25, 0.3) is 0 Å². The number of allylic oxidation sites excluding steroid dienone is 6. The molecule has 2 heteroatoms. The summed E-state index contributed by atoms with van der Waals surface area (Å²) in [6.07, 6.45) is 10.5. The zero-order valence-corrected chi connectivity index (χ0v) is 6.49. The fraction of sp³-hybridized carbons (Fsp3) is 0.222. The summed E-state index contributed by atoms with van der Waals surface area (Å²) in [5.74, 6) is 0. The van der Waals surface area contributed by atoms with Crippen molar-refractivity contribution in [3.63, 3.8) is 0 Å². The maximum absolute atomic E-state index is 8.55. The van der Waals surface area contributed by atoms with Gasteiger partial charge in [0, 0.05) is 0 Å². The topological polar surface area (TPSA) is 32.6 Å². The quantitative estimate of drug-likeness (QED) is 0.450. The van der Waals surface area contributed by atoms with Gasteiger partial charge in [0.1, 0.15) is 5.71 Å². The van der Waals surface area contributed by atoms with Gasteiger partial charge in [-0.05, 0) is 18.1 Å². The lowest BCUT2D eigenvalue weighted by atomic mass is 10.0. The molecule has 0 unspecified atom stereocenters. The molecule has 0 saturated carbocycles. The average Bonchev–Trinajstić information content (AvgIpc) is 2.06. The predicted octanol–water partition coefficient (Wildman–Crippen LogP) is 2.28. The molecule has 58 valence electrons. The van der Waals surface area contributed by atoms with Crippen molar-refractivity contribution in [1.29, 1.82) is 0 Å². The van der Waals surface area contributed by atoms with Crippen LogP contribution in [0.15, 0.2) is 41.1 Å². The fourth-order valence-electron chi connectivity index (χ4n) is 0.971. The summed E-state index contributed by atoms with van der Waals surface area (Å²) in [4.78, 5) is 0. The molecule has 0 aromatic carbocycles. The first-order valence-electron chi connectivity index (χ1n) is 3.65. The third kappa shape index (κ3) is 1.80. The zero-order chi connectivity index (χ0) is 8.10. The van der Waals surface area contributed by atoms with Gasteiger partial charge in [0.25, 0.3) is 0 Å². The minimum absolute atomic E-state index is 0.634. The lowest BCUT2D eigenvalue weighted by molar-refractivity contribution is 0.320. The Bertz CT molecular complexity index is 246. The van der Waals surface area contributed by atoms with Gasteiger partial charge in [-0.25, -0.2) is 0 Å². The summed E-state index contributed by atoms with van der Waals surface area (Å²) >= 11 is 0. The smallest absolute Gasteiger partial charge is 0.109 e. The van der Waals surface area contributed by atoms with E-state index in [0.29, 0.717) is 5.71 Å². The van der Waals surface area contributed by atoms with Crippen molar-refractivity contribution >= 4 is 5.71 Å². The fourth-order valence-corrected chi connectivity index (χ4v) is 0.971. The Morgan fingerprint density at radius 1 is 1.45 bits per heavy atom. The number of nitrogens with zero attached hydrogens (tertiary/aromatic N) is 1. The Morgan fingerprint density at radius 2 is 2.18 bits per heavy atom. The number of hydrogen-bond donors (Lipinski definition) is 1. The summed E-state index contributed by atoms with van der Waals surface area (Å²) in [6.45, 7) is 2.05. The van der Waals surface area contributed by atoms with E-state index in [4.69, 9.17) is 5.21 Å². The van der Waals surface area contributed by atoms with Gasteiger partial charge in [-0.1, -0.05) is 36.4 Å². The van der Waals surface area contributed by atoms with Crippen LogP contribution >= 0.6 is 0 Å². The van der Waals surface area contributed by atoms with Crippen molar-refractivity contribution in [3.8, 4) is 0 Å². The average molecular weight is 149 g/mol. The SMILES string of the molecule is CC/C=C1/C=CC=C/C1=N\O. The van der Waals surface area contributed by atoms with Gasteiger partial charge in [-0.15, -0.1) is 0 Å². The summed E-state index contributed by atoms with van der Waals surface area (Å²) in [5, 5.41) is 11.7. The second kappa shape index (κ2) is 3.76. The van der Waals surface area contributed by atoms with Crippen LogP contribution in [-0.4, -0.2) is 10.9 Å². The van der Waals surface area contributed by atoms with Gasteiger partial charge in [-0.3, -0.25) is 0 Å². The third-order valence-electron chi connectivity index (χ3n) is 1.47. The van der Waals surface area contributed by atoms with Crippen LogP contribution in [0, 0.1) is 0 Å². The first-order chi connectivity index (χ1) is 5.38. The van der Waals surface area contributed by atoms with E-state index < -0.39 is 0 Å². The zero-order valence-electron chi connectivity index (χ0n) is 6.49. The summed E-state index contributed by atoms with van der Waals surface area (Å²) < 4.78 is 0. The lowest BCUT2D eigenvalue weighted by Gasteiger charge is -2.02. The molecule has 11 heavy (non-hydrogen) atoms. The molecule has 0 aliphatic heterocycles. The van der Waals surface area contributed by atoms with Gasteiger partial charge in [0.15, 0.2) is 0 Å². The van der Waals surface area contributed by atoms with Crippen LogP contribution in [0.5, 0.6) is 0 Å². The van der Waals surface area contributed by atoms with Gasteiger partial charge >= 0.3 is 0 Å².